The molecule has 0 amide bonds. The van der Waals surface area contributed by atoms with Gasteiger partial charge in [0.25, 0.3) is 0 Å². The molecule has 0 heterocycles. The Kier molecular flexibility index (Phi) is 1.47. The number of aliphatic hydroxyl groups excluding tert-OH is 2. The molecule has 1 rings (SSSR count). The summed E-state index contributed by atoms with van der Waals surface area (Å²) in [6.07, 6.45) is 3.59. The molecule has 0 atom stereocenters. The van der Waals surface area contributed by atoms with Gasteiger partial charge in [-0.15, -0.1) is 0 Å². The van der Waals surface area contributed by atoms with Crippen LogP contribution >= 0.6 is 0 Å². The van der Waals surface area contributed by atoms with E-state index in [4.69, 9.17) is 5.11 Å². The van der Waals surface area contributed by atoms with Crippen LogP contribution in [0.1, 0.15) is 20.3 Å². The maximum absolute atomic E-state index is 9.26. The fourth-order valence-electron chi connectivity index (χ4n) is 1.00. The monoisotopic (exact) mass is 140 g/mol. The molecule has 2 heteroatoms. The second-order valence-corrected chi connectivity index (χ2v) is 3.27. The molecule has 1 aliphatic carbocycles. The van der Waals surface area contributed by atoms with Crippen molar-refractivity contribution in [3.8, 4) is 0 Å². The summed E-state index contributed by atoms with van der Waals surface area (Å²) in [6.45, 7) is 3.78. The molecule has 2 N–H and O–H groups in total. The zero-order valence-corrected chi connectivity index (χ0v) is 6.26. The highest BCUT2D eigenvalue weighted by Gasteiger charge is 2.26. The molecule has 0 aromatic heterocycles. The first-order valence-electron chi connectivity index (χ1n) is 3.32. The standard InChI is InChI=1S/C8H12O2/c1-8(2)5-6(9)3-4-7(8)10/h3-4,9-10H,5H2,1-2H3. The van der Waals surface area contributed by atoms with Gasteiger partial charge >= 0.3 is 0 Å². The summed E-state index contributed by atoms with van der Waals surface area (Å²) >= 11 is 0. The van der Waals surface area contributed by atoms with E-state index in [2.05, 4.69) is 0 Å². The van der Waals surface area contributed by atoms with Crippen LogP contribution in [0.4, 0.5) is 0 Å². The van der Waals surface area contributed by atoms with Crippen molar-refractivity contribution < 1.29 is 10.2 Å². The fourth-order valence-corrected chi connectivity index (χ4v) is 1.00. The molecule has 0 unspecified atom stereocenters. The van der Waals surface area contributed by atoms with Crippen LogP contribution in [0.15, 0.2) is 23.7 Å². The first-order chi connectivity index (χ1) is 4.52. The van der Waals surface area contributed by atoms with Crippen molar-refractivity contribution >= 4 is 0 Å². The van der Waals surface area contributed by atoms with E-state index >= 15 is 0 Å². The Hall–Kier alpha value is -0.920. The van der Waals surface area contributed by atoms with Crippen molar-refractivity contribution in [2.75, 3.05) is 0 Å². The smallest absolute Gasteiger partial charge is 0.0984 e. The second-order valence-electron chi connectivity index (χ2n) is 3.27. The Bertz CT molecular complexity index is 199. The lowest BCUT2D eigenvalue weighted by Crippen LogP contribution is -2.17. The van der Waals surface area contributed by atoms with Gasteiger partial charge in [-0.25, -0.2) is 0 Å². The average Bonchev–Trinajstić information content (AvgIpc) is 1.78. The summed E-state index contributed by atoms with van der Waals surface area (Å²) in [5, 5.41) is 18.3. The Balaban J connectivity index is 2.89. The summed E-state index contributed by atoms with van der Waals surface area (Å²) in [6, 6.07) is 0. The highest BCUT2D eigenvalue weighted by Crippen LogP contribution is 2.33. The molecule has 0 saturated heterocycles. The van der Waals surface area contributed by atoms with Gasteiger partial charge < -0.3 is 10.2 Å². The van der Waals surface area contributed by atoms with Gasteiger partial charge in [-0.2, -0.15) is 0 Å². The molecule has 0 aromatic rings. The highest BCUT2D eigenvalue weighted by molar-refractivity contribution is 5.21. The Morgan fingerprint density at radius 2 is 1.90 bits per heavy atom. The van der Waals surface area contributed by atoms with Crippen molar-refractivity contribution in [2.45, 2.75) is 20.3 Å². The zero-order chi connectivity index (χ0) is 7.78. The van der Waals surface area contributed by atoms with E-state index in [0.717, 1.165) is 0 Å². The molecule has 2 nitrogen and oxygen atoms in total. The molecule has 0 bridgehead atoms. The molecule has 10 heavy (non-hydrogen) atoms. The van der Waals surface area contributed by atoms with E-state index < -0.39 is 0 Å². The van der Waals surface area contributed by atoms with E-state index in [0.29, 0.717) is 17.9 Å². The number of allylic oxidation sites excluding steroid dienone is 4. The third-order valence-corrected chi connectivity index (χ3v) is 1.75. The molecule has 1 aliphatic rings. The van der Waals surface area contributed by atoms with Crippen LogP contribution in [-0.4, -0.2) is 10.2 Å². The summed E-state index contributed by atoms with van der Waals surface area (Å²) in [7, 11) is 0. The summed E-state index contributed by atoms with van der Waals surface area (Å²) < 4.78 is 0. The first kappa shape index (κ1) is 7.19. The van der Waals surface area contributed by atoms with Crippen LogP contribution < -0.4 is 0 Å². The van der Waals surface area contributed by atoms with Gasteiger partial charge in [-0.3, -0.25) is 0 Å². The van der Waals surface area contributed by atoms with Gasteiger partial charge in [0.1, 0.15) is 0 Å². The third kappa shape index (κ3) is 1.15. The van der Waals surface area contributed by atoms with Crippen LogP contribution in [0, 0.1) is 5.41 Å². The van der Waals surface area contributed by atoms with Crippen LogP contribution in [0.3, 0.4) is 0 Å². The maximum atomic E-state index is 9.26. The maximum Gasteiger partial charge on any atom is 0.0984 e. The third-order valence-electron chi connectivity index (χ3n) is 1.75. The van der Waals surface area contributed by atoms with Crippen LogP contribution in [0.5, 0.6) is 0 Å². The molecule has 0 spiro atoms. The van der Waals surface area contributed by atoms with Crippen molar-refractivity contribution in [3.05, 3.63) is 23.7 Å². The van der Waals surface area contributed by atoms with Crippen LogP contribution in [-0.2, 0) is 0 Å². The zero-order valence-electron chi connectivity index (χ0n) is 6.26. The topological polar surface area (TPSA) is 40.5 Å². The van der Waals surface area contributed by atoms with E-state index in [1.54, 1.807) is 6.08 Å². The molecular formula is C8H12O2. The number of hydrogen-bond acceptors (Lipinski definition) is 2. The molecule has 0 fully saturated rings. The summed E-state index contributed by atoms with van der Waals surface area (Å²) in [5.74, 6) is 0.674. The van der Waals surface area contributed by atoms with Gasteiger partial charge in [0.15, 0.2) is 0 Å². The quantitative estimate of drug-likeness (QED) is 0.542. The number of hydrogen-bond donors (Lipinski definition) is 2. The molecule has 56 valence electrons. The van der Waals surface area contributed by atoms with Crippen molar-refractivity contribution in [2.24, 2.45) is 5.41 Å². The summed E-state index contributed by atoms with van der Waals surface area (Å²) in [5.41, 5.74) is -0.293. The van der Waals surface area contributed by atoms with Gasteiger partial charge in [0, 0.05) is 11.8 Å². The SMILES string of the molecule is CC1(C)CC(O)=CC=C1O. The van der Waals surface area contributed by atoms with Crippen molar-refractivity contribution in [1.29, 1.82) is 0 Å². The lowest BCUT2D eigenvalue weighted by Gasteiger charge is -2.25. The summed E-state index contributed by atoms with van der Waals surface area (Å²) in [4.78, 5) is 0. The Morgan fingerprint density at radius 3 is 2.30 bits per heavy atom. The lowest BCUT2D eigenvalue weighted by atomic mass is 9.83. The molecule has 0 radical (unpaired) electrons. The minimum atomic E-state index is -0.293. The highest BCUT2D eigenvalue weighted by atomic mass is 16.3. The lowest BCUT2D eigenvalue weighted by molar-refractivity contribution is 0.221. The van der Waals surface area contributed by atoms with E-state index in [-0.39, 0.29) is 5.41 Å². The van der Waals surface area contributed by atoms with E-state index in [1.165, 1.54) is 6.08 Å². The normalized spacial score (nSPS) is 23.4. The molecule has 0 aromatic carbocycles. The molecule has 0 aliphatic heterocycles. The second kappa shape index (κ2) is 2.04. The Morgan fingerprint density at radius 1 is 1.30 bits per heavy atom. The van der Waals surface area contributed by atoms with Crippen molar-refractivity contribution in [1.82, 2.24) is 0 Å². The van der Waals surface area contributed by atoms with Gasteiger partial charge in [0.05, 0.1) is 11.5 Å². The average molecular weight is 140 g/mol. The van der Waals surface area contributed by atoms with Crippen LogP contribution in [0.2, 0.25) is 0 Å². The van der Waals surface area contributed by atoms with Gasteiger partial charge in [-0.05, 0) is 12.2 Å². The predicted octanol–water partition coefficient (Wildman–Crippen LogP) is 2.30. The minimum absolute atomic E-state index is 0.293. The van der Waals surface area contributed by atoms with E-state index in [9.17, 15) is 5.11 Å². The molecule has 0 saturated carbocycles. The molecular weight excluding hydrogens is 128 g/mol. The number of aliphatic hydroxyl groups is 2. The van der Waals surface area contributed by atoms with E-state index in [1.807, 2.05) is 13.8 Å². The van der Waals surface area contributed by atoms with Gasteiger partial charge in [0.2, 0.25) is 0 Å². The Labute approximate surface area is 60.5 Å². The largest absolute Gasteiger partial charge is 0.512 e. The minimum Gasteiger partial charge on any atom is -0.512 e. The van der Waals surface area contributed by atoms with Gasteiger partial charge in [-0.1, -0.05) is 13.8 Å². The van der Waals surface area contributed by atoms with Crippen molar-refractivity contribution in [3.63, 3.8) is 0 Å². The van der Waals surface area contributed by atoms with Crippen LogP contribution in [0.25, 0.3) is 0 Å². The number of rotatable bonds is 0. The first-order valence-corrected chi connectivity index (χ1v) is 3.32. The predicted molar refractivity (Wildman–Crippen MR) is 39.8 cm³/mol. The fraction of sp³-hybridized carbons (Fsp3) is 0.500.